The molecule has 1 fully saturated rings. The molecule has 1 aliphatic carbocycles. The zero-order valence-corrected chi connectivity index (χ0v) is 13.6. The van der Waals surface area contributed by atoms with Gasteiger partial charge in [0.05, 0.1) is 7.11 Å². The lowest BCUT2D eigenvalue weighted by Crippen LogP contribution is -2.41. The van der Waals surface area contributed by atoms with Crippen LogP contribution < -0.4 is 4.72 Å². The molecule has 0 aliphatic heterocycles. The van der Waals surface area contributed by atoms with Gasteiger partial charge in [-0.25, -0.2) is 12.8 Å². The summed E-state index contributed by atoms with van der Waals surface area (Å²) in [7, 11) is -2.79. The molecule has 1 aromatic rings. The van der Waals surface area contributed by atoms with Crippen molar-refractivity contribution in [3.05, 3.63) is 29.6 Å². The van der Waals surface area contributed by atoms with Crippen molar-refractivity contribution in [3.8, 4) is 0 Å². The zero-order valence-electron chi connectivity index (χ0n) is 12.8. The summed E-state index contributed by atoms with van der Waals surface area (Å²) in [6, 6.07) is 3.91. The maximum atomic E-state index is 13.3. The number of esters is 1. The van der Waals surface area contributed by atoms with Gasteiger partial charge >= 0.3 is 5.97 Å². The SMILES string of the molecule is COC(=O)C(C(C)C1CC1)S(=O)(=O)Nc1ccc(F)c(C)c1. The highest BCUT2D eigenvalue weighted by Crippen LogP contribution is 2.40. The summed E-state index contributed by atoms with van der Waals surface area (Å²) in [5.74, 6) is -1.30. The van der Waals surface area contributed by atoms with Crippen molar-refractivity contribution in [2.75, 3.05) is 11.8 Å². The number of benzene rings is 1. The molecule has 2 atom stereocenters. The Bertz CT molecular complexity index is 670. The van der Waals surface area contributed by atoms with Crippen LogP contribution in [-0.4, -0.2) is 26.7 Å². The number of rotatable bonds is 6. The second kappa shape index (κ2) is 6.24. The molecule has 1 N–H and O–H groups in total. The molecular formula is C15H20FNO4S. The first kappa shape index (κ1) is 16.7. The van der Waals surface area contributed by atoms with E-state index in [4.69, 9.17) is 0 Å². The van der Waals surface area contributed by atoms with Crippen molar-refractivity contribution in [1.29, 1.82) is 0 Å². The summed E-state index contributed by atoms with van der Waals surface area (Å²) in [6.07, 6.45) is 1.83. The maximum absolute atomic E-state index is 13.3. The van der Waals surface area contributed by atoms with Gasteiger partial charge < -0.3 is 4.74 Å². The Balaban J connectivity index is 2.27. The van der Waals surface area contributed by atoms with Gasteiger partial charge in [-0.05, 0) is 55.4 Å². The van der Waals surface area contributed by atoms with E-state index in [9.17, 15) is 17.6 Å². The summed E-state index contributed by atoms with van der Waals surface area (Å²) in [4.78, 5) is 11.9. The van der Waals surface area contributed by atoms with E-state index in [-0.39, 0.29) is 17.5 Å². The number of anilines is 1. The van der Waals surface area contributed by atoms with Gasteiger partial charge in [-0.15, -0.1) is 0 Å². The first-order valence-electron chi connectivity index (χ1n) is 7.12. The minimum Gasteiger partial charge on any atom is -0.468 e. The van der Waals surface area contributed by atoms with Gasteiger partial charge in [-0.1, -0.05) is 6.92 Å². The topological polar surface area (TPSA) is 72.5 Å². The predicted molar refractivity (Wildman–Crippen MR) is 81.4 cm³/mol. The smallest absolute Gasteiger partial charge is 0.326 e. The number of hydrogen-bond donors (Lipinski definition) is 1. The third-order valence-corrected chi connectivity index (χ3v) is 5.84. The number of hydrogen-bond acceptors (Lipinski definition) is 4. The number of halogens is 1. The van der Waals surface area contributed by atoms with Crippen molar-refractivity contribution < 1.29 is 22.3 Å². The van der Waals surface area contributed by atoms with Crippen LogP contribution in [0.1, 0.15) is 25.3 Å². The number of sulfonamides is 1. The van der Waals surface area contributed by atoms with Crippen molar-refractivity contribution in [2.24, 2.45) is 11.8 Å². The summed E-state index contributed by atoms with van der Waals surface area (Å²) in [5.41, 5.74) is 0.556. The predicted octanol–water partition coefficient (Wildman–Crippen LogP) is 2.46. The van der Waals surface area contributed by atoms with Crippen LogP contribution in [0.2, 0.25) is 0 Å². The highest BCUT2D eigenvalue weighted by Gasteiger charge is 2.45. The van der Waals surface area contributed by atoms with Crippen LogP contribution in [0.3, 0.4) is 0 Å². The number of ether oxygens (including phenoxy) is 1. The Hall–Kier alpha value is -1.63. The average Bonchev–Trinajstić information content (AvgIpc) is 3.26. The van der Waals surface area contributed by atoms with Gasteiger partial charge in [0.25, 0.3) is 0 Å². The van der Waals surface area contributed by atoms with Crippen molar-refractivity contribution in [3.63, 3.8) is 0 Å². The van der Waals surface area contributed by atoms with Gasteiger partial charge in [-0.3, -0.25) is 9.52 Å². The number of carbonyl (C=O) groups excluding carboxylic acids is 1. The van der Waals surface area contributed by atoms with Crippen LogP contribution in [-0.2, 0) is 19.6 Å². The summed E-state index contributed by atoms with van der Waals surface area (Å²) in [6.45, 7) is 3.28. The van der Waals surface area contributed by atoms with Crippen molar-refractivity contribution in [2.45, 2.75) is 31.9 Å². The van der Waals surface area contributed by atoms with Gasteiger partial charge in [0.15, 0.2) is 5.25 Å². The highest BCUT2D eigenvalue weighted by atomic mass is 32.2. The number of methoxy groups -OCH3 is 1. The Morgan fingerprint density at radius 3 is 2.55 bits per heavy atom. The summed E-state index contributed by atoms with van der Waals surface area (Å²) >= 11 is 0. The van der Waals surface area contributed by atoms with Gasteiger partial charge in [-0.2, -0.15) is 0 Å². The molecule has 22 heavy (non-hydrogen) atoms. The number of aryl methyl sites for hydroxylation is 1. The Morgan fingerprint density at radius 1 is 1.41 bits per heavy atom. The Kier molecular flexibility index (Phi) is 4.75. The molecule has 5 nitrogen and oxygen atoms in total. The largest absolute Gasteiger partial charge is 0.468 e. The fraction of sp³-hybridized carbons (Fsp3) is 0.533. The second-order valence-electron chi connectivity index (χ2n) is 5.75. The molecule has 0 saturated heterocycles. The quantitative estimate of drug-likeness (QED) is 0.814. The fourth-order valence-electron chi connectivity index (χ4n) is 2.55. The fourth-order valence-corrected chi connectivity index (χ4v) is 4.26. The molecule has 122 valence electrons. The van der Waals surface area contributed by atoms with Crippen LogP contribution in [0.5, 0.6) is 0 Å². The Labute approximate surface area is 129 Å². The molecule has 0 aromatic heterocycles. The Morgan fingerprint density at radius 2 is 2.05 bits per heavy atom. The van der Waals surface area contributed by atoms with Gasteiger partial charge in [0.2, 0.25) is 10.0 Å². The second-order valence-corrected chi connectivity index (χ2v) is 7.55. The molecule has 0 spiro atoms. The van der Waals surface area contributed by atoms with Crippen molar-refractivity contribution >= 4 is 21.7 Å². The average molecular weight is 329 g/mol. The standard InChI is InChI=1S/C15H20FNO4S/c1-9-8-12(6-7-13(9)16)17-22(19,20)14(15(18)21-3)10(2)11-4-5-11/h6-8,10-11,14,17H,4-5H2,1-3H3. The highest BCUT2D eigenvalue weighted by molar-refractivity contribution is 7.94. The van der Waals surface area contributed by atoms with Crippen LogP contribution in [0.15, 0.2) is 18.2 Å². The lowest BCUT2D eigenvalue weighted by atomic mass is 10.0. The van der Waals surface area contributed by atoms with Crippen LogP contribution in [0.4, 0.5) is 10.1 Å². The normalized spacial score (nSPS) is 17.6. The molecule has 2 unspecified atom stereocenters. The minimum atomic E-state index is -3.97. The number of carbonyl (C=O) groups is 1. The third kappa shape index (κ3) is 3.58. The maximum Gasteiger partial charge on any atom is 0.326 e. The molecule has 0 radical (unpaired) electrons. The molecule has 0 heterocycles. The van der Waals surface area contributed by atoms with Crippen LogP contribution >= 0.6 is 0 Å². The molecule has 1 aromatic carbocycles. The molecule has 1 aliphatic rings. The van der Waals surface area contributed by atoms with E-state index < -0.39 is 27.1 Å². The van der Waals surface area contributed by atoms with Crippen LogP contribution in [0.25, 0.3) is 0 Å². The van der Waals surface area contributed by atoms with E-state index in [0.717, 1.165) is 12.8 Å². The molecule has 2 rings (SSSR count). The number of nitrogens with one attached hydrogen (secondary N) is 1. The molecule has 1 saturated carbocycles. The monoisotopic (exact) mass is 329 g/mol. The van der Waals surface area contributed by atoms with E-state index >= 15 is 0 Å². The summed E-state index contributed by atoms with van der Waals surface area (Å²) in [5, 5.41) is -1.27. The first-order valence-corrected chi connectivity index (χ1v) is 8.66. The van der Waals surface area contributed by atoms with E-state index in [1.165, 1.54) is 32.2 Å². The molecule has 0 amide bonds. The van der Waals surface area contributed by atoms with Gasteiger partial charge in [0, 0.05) is 5.69 Å². The van der Waals surface area contributed by atoms with E-state index in [1.54, 1.807) is 6.92 Å². The molecule has 7 heteroatoms. The molecule has 0 bridgehead atoms. The minimum absolute atomic E-state index is 0.218. The summed E-state index contributed by atoms with van der Waals surface area (Å²) < 4.78 is 45.4. The van der Waals surface area contributed by atoms with E-state index in [2.05, 4.69) is 9.46 Å². The third-order valence-electron chi connectivity index (χ3n) is 4.03. The van der Waals surface area contributed by atoms with Crippen LogP contribution in [0, 0.1) is 24.6 Å². The van der Waals surface area contributed by atoms with Gasteiger partial charge in [0.1, 0.15) is 5.82 Å². The first-order chi connectivity index (χ1) is 10.3. The molecular weight excluding hydrogens is 309 g/mol. The lowest BCUT2D eigenvalue weighted by Gasteiger charge is -2.22. The van der Waals surface area contributed by atoms with E-state index in [1.807, 2.05) is 0 Å². The lowest BCUT2D eigenvalue weighted by molar-refractivity contribution is -0.141. The van der Waals surface area contributed by atoms with E-state index in [0.29, 0.717) is 5.56 Å². The zero-order chi connectivity index (χ0) is 16.5. The van der Waals surface area contributed by atoms with Crippen molar-refractivity contribution in [1.82, 2.24) is 0 Å².